The molecule has 0 spiro atoms. The summed E-state index contributed by atoms with van der Waals surface area (Å²) < 4.78 is 13.1. The first kappa shape index (κ1) is 21.8. The predicted molar refractivity (Wildman–Crippen MR) is 115 cm³/mol. The molecule has 2 N–H and O–H groups in total. The van der Waals surface area contributed by atoms with Crippen molar-refractivity contribution in [2.24, 2.45) is 4.99 Å². The molecule has 0 unspecified atom stereocenters. The first-order chi connectivity index (χ1) is 11.6. The number of halogens is 2. The molecule has 0 aliphatic carbocycles. The minimum absolute atomic E-state index is 0. The van der Waals surface area contributed by atoms with Crippen LogP contribution in [0.3, 0.4) is 0 Å². The van der Waals surface area contributed by atoms with Crippen molar-refractivity contribution in [2.75, 3.05) is 20.1 Å². The Morgan fingerprint density at radius 1 is 1.24 bits per heavy atom. The number of nitrogens with one attached hydrogen (secondary N) is 2. The van der Waals surface area contributed by atoms with Crippen molar-refractivity contribution < 1.29 is 4.39 Å². The van der Waals surface area contributed by atoms with Gasteiger partial charge < -0.3 is 10.6 Å². The summed E-state index contributed by atoms with van der Waals surface area (Å²) in [5.41, 5.74) is 2.13. The lowest BCUT2D eigenvalue weighted by molar-refractivity contribution is 0.625. The molecule has 0 radical (unpaired) electrons. The molecule has 0 aliphatic rings. The van der Waals surface area contributed by atoms with Gasteiger partial charge in [0.2, 0.25) is 0 Å². The minimum atomic E-state index is -0.185. The van der Waals surface area contributed by atoms with Crippen LogP contribution in [0.5, 0.6) is 0 Å². The molecule has 1 heterocycles. The number of benzene rings is 1. The molecule has 138 valence electrons. The van der Waals surface area contributed by atoms with Crippen LogP contribution in [-0.2, 0) is 19.3 Å². The lowest BCUT2D eigenvalue weighted by Crippen LogP contribution is -2.39. The van der Waals surface area contributed by atoms with Crippen molar-refractivity contribution in [1.29, 1.82) is 0 Å². The lowest BCUT2D eigenvalue weighted by Gasteiger charge is -2.12. The van der Waals surface area contributed by atoms with Crippen molar-refractivity contribution in [3.63, 3.8) is 0 Å². The normalized spacial score (nSPS) is 11.1. The molecular weight excluding hydrogens is 450 g/mol. The Balaban J connectivity index is 0.00000312. The predicted octanol–water partition coefficient (Wildman–Crippen LogP) is 3.72. The summed E-state index contributed by atoms with van der Waals surface area (Å²) in [5, 5.41) is 7.74. The average Bonchev–Trinajstić information content (AvgIpc) is 3.03. The molecule has 25 heavy (non-hydrogen) atoms. The summed E-state index contributed by atoms with van der Waals surface area (Å²) in [6.45, 7) is 5.63. The molecule has 0 fully saturated rings. The average molecular weight is 476 g/mol. The van der Waals surface area contributed by atoms with E-state index in [2.05, 4.69) is 27.5 Å². The lowest BCUT2D eigenvalue weighted by atomic mass is 10.1. The standard InChI is InChI=1S/C18H25FN4S.HI/c1-4-16-12-23-17(24-16)8-10-22-18(20-3)21-9-7-14-5-6-15(19)11-13(14)2;/h5-6,11-12H,4,7-10H2,1-3H3,(H2,20,21,22);1H. The van der Waals surface area contributed by atoms with Crippen molar-refractivity contribution >= 4 is 41.3 Å². The highest BCUT2D eigenvalue weighted by Gasteiger charge is 2.03. The molecule has 0 atom stereocenters. The summed E-state index contributed by atoms with van der Waals surface area (Å²) >= 11 is 1.77. The zero-order valence-electron chi connectivity index (χ0n) is 14.9. The third-order valence-corrected chi connectivity index (χ3v) is 5.00. The fourth-order valence-electron chi connectivity index (χ4n) is 2.39. The van der Waals surface area contributed by atoms with E-state index in [0.717, 1.165) is 54.4 Å². The summed E-state index contributed by atoms with van der Waals surface area (Å²) in [4.78, 5) is 9.96. The van der Waals surface area contributed by atoms with Gasteiger partial charge in [-0.3, -0.25) is 4.99 Å². The highest BCUT2D eigenvalue weighted by molar-refractivity contribution is 14.0. The van der Waals surface area contributed by atoms with Crippen LogP contribution < -0.4 is 10.6 Å². The molecule has 0 aliphatic heterocycles. The number of hydrogen-bond donors (Lipinski definition) is 2. The van der Waals surface area contributed by atoms with Crippen molar-refractivity contribution in [3.8, 4) is 0 Å². The molecule has 0 amide bonds. The van der Waals surface area contributed by atoms with Gasteiger partial charge in [0.05, 0.1) is 5.01 Å². The number of aromatic nitrogens is 1. The van der Waals surface area contributed by atoms with Gasteiger partial charge in [-0.2, -0.15) is 0 Å². The minimum Gasteiger partial charge on any atom is -0.356 e. The van der Waals surface area contributed by atoms with Crippen LogP contribution in [0.4, 0.5) is 4.39 Å². The van der Waals surface area contributed by atoms with Gasteiger partial charge in [-0.15, -0.1) is 35.3 Å². The molecule has 0 saturated carbocycles. The number of guanidine groups is 1. The monoisotopic (exact) mass is 476 g/mol. The summed E-state index contributed by atoms with van der Waals surface area (Å²) in [6, 6.07) is 4.92. The zero-order valence-corrected chi connectivity index (χ0v) is 18.1. The Kier molecular flexibility index (Phi) is 9.96. The Morgan fingerprint density at radius 3 is 2.56 bits per heavy atom. The third-order valence-electron chi connectivity index (χ3n) is 3.80. The van der Waals surface area contributed by atoms with E-state index in [0.29, 0.717) is 0 Å². The maximum absolute atomic E-state index is 13.1. The van der Waals surface area contributed by atoms with Gasteiger partial charge in [-0.1, -0.05) is 13.0 Å². The van der Waals surface area contributed by atoms with E-state index >= 15 is 0 Å². The van der Waals surface area contributed by atoms with Crippen LogP contribution in [0, 0.1) is 12.7 Å². The van der Waals surface area contributed by atoms with E-state index in [9.17, 15) is 4.39 Å². The molecule has 4 nitrogen and oxygen atoms in total. The van der Waals surface area contributed by atoms with E-state index < -0.39 is 0 Å². The van der Waals surface area contributed by atoms with Crippen LogP contribution in [0.1, 0.15) is 27.9 Å². The van der Waals surface area contributed by atoms with Gasteiger partial charge in [0, 0.05) is 37.6 Å². The first-order valence-electron chi connectivity index (χ1n) is 8.25. The van der Waals surface area contributed by atoms with Gasteiger partial charge in [0.15, 0.2) is 5.96 Å². The van der Waals surface area contributed by atoms with E-state index in [1.165, 1.54) is 10.9 Å². The second-order valence-electron chi connectivity index (χ2n) is 5.57. The second-order valence-corrected chi connectivity index (χ2v) is 6.77. The fourth-order valence-corrected chi connectivity index (χ4v) is 3.25. The third kappa shape index (κ3) is 7.27. The Hall–Kier alpha value is -1.22. The Morgan fingerprint density at radius 2 is 1.96 bits per heavy atom. The number of nitrogens with zero attached hydrogens (tertiary/aromatic N) is 2. The molecule has 1 aromatic carbocycles. The van der Waals surface area contributed by atoms with Gasteiger partial charge in [0.25, 0.3) is 0 Å². The maximum atomic E-state index is 13.1. The van der Waals surface area contributed by atoms with Gasteiger partial charge in [0.1, 0.15) is 5.82 Å². The Labute approximate surface area is 170 Å². The molecule has 1 aromatic heterocycles. The van der Waals surface area contributed by atoms with Crippen molar-refractivity contribution in [1.82, 2.24) is 15.6 Å². The summed E-state index contributed by atoms with van der Waals surface area (Å²) in [6.07, 6.45) is 4.72. The van der Waals surface area contributed by atoms with E-state index in [1.807, 2.05) is 19.2 Å². The van der Waals surface area contributed by atoms with E-state index in [-0.39, 0.29) is 29.8 Å². The number of hydrogen-bond acceptors (Lipinski definition) is 3. The van der Waals surface area contributed by atoms with Gasteiger partial charge in [-0.05, 0) is 43.0 Å². The van der Waals surface area contributed by atoms with Gasteiger partial charge >= 0.3 is 0 Å². The summed E-state index contributed by atoms with van der Waals surface area (Å²) in [7, 11) is 1.76. The highest BCUT2D eigenvalue weighted by atomic mass is 127. The summed E-state index contributed by atoms with van der Waals surface area (Å²) in [5.74, 6) is 0.595. The fraction of sp³-hybridized carbons (Fsp3) is 0.444. The molecule has 2 rings (SSSR count). The Bertz CT molecular complexity index is 687. The van der Waals surface area contributed by atoms with Crippen LogP contribution >= 0.6 is 35.3 Å². The molecule has 7 heteroatoms. The van der Waals surface area contributed by atoms with Crippen LogP contribution in [0.2, 0.25) is 0 Å². The SMILES string of the molecule is CCc1cnc(CCNC(=NC)NCCc2ccc(F)cc2C)s1.I. The molecule has 2 aromatic rings. The molecular formula is C18H26FIN4S. The number of rotatable bonds is 7. The maximum Gasteiger partial charge on any atom is 0.191 e. The van der Waals surface area contributed by atoms with E-state index in [4.69, 9.17) is 0 Å². The van der Waals surface area contributed by atoms with Crippen molar-refractivity contribution in [2.45, 2.75) is 33.1 Å². The zero-order chi connectivity index (χ0) is 17.4. The number of aryl methyl sites for hydroxylation is 2. The van der Waals surface area contributed by atoms with Crippen molar-refractivity contribution in [3.05, 3.63) is 51.2 Å². The van der Waals surface area contributed by atoms with Crippen LogP contribution in [-0.4, -0.2) is 31.1 Å². The highest BCUT2D eigenvalue weighted by Crippen LogP contribution is 2.13. The largest absolute Gasteiger partial charge is 0.356 e. The smallest absolute Gasteiger partial charge is 0.191 e. The molecule has 0 saturated heterocycles. The number of thiazole rings is 1. The van der Waals surface area contributed by atoms with Gasteiger partial charge in [-0.25, -0.2) is 9.37 Å². The van der Waals surface area contributed by atoms with Crippen LogP contribution in [0.25, 0.3) is 0 Å². The first-order valence-corrected chi connectivity index (χ1v) is 9.07. The van der Waals surface area contributed by atoms with E-state index in [1.54, 1.807) is 24.5 Å². The number of aliphatic imine (C=N–C) groups is 1. The molecule has 0 bridgehead atoms. The second kappa shape index (κ2) is 11.4. The quantitative estimate of drug-likeness (QED) is 0.364. The topological polar surface area (TPSA) is 49.3 Å². The van der Waals surface area contributed by atoms with Crippen LogP contribution in [0.15, 0.2) is 29.4 Å².